The van der Waals surface area contributed by atoms with E-state index in [0.29, 0.717) is 0 Å². The number of carbonyl (C=O) groups is 1. The van der Waals surface area contributed by atoms with Crippen LogP contribution < -0.4 is 0 Å². The highest BCUT2D eigenvalue weighted by atomic mass is 16.4. The van der Waals surface area contributed by atoms with Crippen molar-refractivity contribution in [2.75, 3.05) is 13.1 Å². The molecule has 1 saturated heterocycles. The fourth-order valence-corrected chi connectivity index (χ4v) is 2.96. The molecule has 2 N–H and O–H groups in total. The van der Waals surface area contributed by atoms with Crippen LogP contribution in [0.5, 0.6) is 0 Å². The molecule has 0 radical (unpaired) electrons. The van der Waals surface area contributed by atoms with Crippen LogP contribution in [0.2, 0.25) is 0 Å². The Morgan fingerprint density at radius 3 is 2.68 bits per heavy atom. The van der Waals surface area contributed by atoms with Crippen molar-refractivity contribution in [1.82, 2.24) is 4.90 Å². The number of hydrogen-bond donors (Lipinski definition) is 2. The SMILES string of the molecule is CC(O)(c1ccccc1)C1CCCCN1CC(=O)O. The largest absolute Gasteiger partial charge is 0.480 e. The van der Waals surface area contributed by atoms with Crippen LogP contribution >= 0.6 is 0 Å². The second-order valence-corrected chi connectivity index (χ2v) is 5.39. The summed E-state index contributed by atoms with van der Waals surface area (Å²) in [6.07, 6.45) is 2.85. The molecule has 1 fully saturated rings. The maximum Gasteiger partial charge on any atom is 0.317 e. The van der Waals surface area contributed by atoms with Gasteiger partial charge in [0.2, 0.25) is 0 Å². The van der Waals surface area contributed by atoms with Gasteiger partial charge < -0.3 is 10.2 Å². The lowest BCUT2D eigenvalue weighted by molar-refractivity contribution is -0.141. The van der Waals surface area contributed by atoms with Crippen LogP contribution in [-0.2, 0) is 10.4 Å². The Balaban J connectivity index is 2.23. The molecular formula is C15H21NO3. The van der Waals surface area contributed by atoms with Gasteiger partial charge in [0.1, 0.15) is 5.60 Å². The second kappa shape index (κ2) is 5.72. The Kier molecular flexibility index (Phi) is 4.22. The molecule has 0 spiro atoms. The van der Waals surface area contributed by atoms with Gasteiger partial charge in [-0.15, -0.1) is 0 Å². The quantitative estimate of drug-likeness (QED) is 0.870. The van der Waals surface area contributed by atoms with Gasteiger partial charge in [0.25, 0.3) is 0 Å². The zero-order chi connectivity index (χ0) is 13.9. The maximum atomic E-state index is 11.0. The molecule has 2 rings (SSSR count). The predicted octanol–water partition coefficient (Wildman–Crippen LogP) is 1.83. The normalized spacial score (nSPS) is 23.8. The second-order valence-electron chi connectivity index (χ2n) is 5.39. The lowest BCUT2D eigenvalue weighted by atomic mass is 9.82. The molecule has 1 heterocycles. The third-order valence-electron chi connectivity index (χ3n) is 3.96. The molecule has 0 bridgehead atoms. The van der Waals surface area contributed by atoms with E-state index in [1.165, 1.54) is 0 Å². The number of carboxylic acids is 1. The van der Waals surface area contributed by atoms with E-state index in [9.17, 15) is 9.90 Å². The number of aliphatic carboxylic acids is 1. The average molecular weight is 263 g/mol. The van der Waals surface area contributed by atoms with Crippen molar-refractivity contribution in [2.24, 2.45) is 0 Å². The molecule has 19 heavy (non-hydrogen) atoms. The molecule has 1 aliphatic rings. The van der Waals surface area contributed by atoms with Gasteiger partial charge in [0, 0.05) is 6.04 Å². The Hall–Kier alpha value is -1.39. The number of rotatable bonds is 4. The number of nitrogens with zero attached hydrogens (tertiary/aromatic N) is 1. The van der Waals surface area contributed by atoms with Gasteiger partial charge in [0.05, 0.1) is 6.54 Å². The first-order valence-electron chi connectivity index (χ1n) is 6.75. The number of likely N-dealkylation sites (tertiary alicyclic amines) is 1. The van der Waals surface area contributed by atoms with E-state index >= 15 is 0 Å². The molecule has 0 saturated carbocycles. The predicted molar refractivity (Wildman–Crippen MR) is 72.9 cm³/mol. The fraction of sp³-hybridized carbons (Fsp3) is 0.533. The standard InChI is InChI=1S/C15H21NO3/c1-15(19,12-7-3-2-4-8-12)13-9-5-6-10-16(13)11-14(17)18/h2-4,7-8,13,19H,5-6,9-11H2,1H3,(H,17,18). The Labute approximate surface area is 113 Å². The van der Waals surface area contributed by atoms with E-state index in [1.807, 2.05) is 35.2 Å². The fourth-order valence-electron chi connectivity index (χ4n) is 2.96. The van der Waals surface area contributed by atoms with Crippen molar-refractivity contribution in [3.8, 4) is 0 Å². The molecule has 0 amide bonds. The van der Waals surface area contributed by atoms with Crippen molar-refractivity contribution >= 4 is 5.97 Å². The lowest BCUT2D eigenvalue weighted by Crippen LogP contribution is -2.53. The van der Waals surface area contributed by atoms with Crippen LogP contribution in [0.25, 0.3) is 0 Å². The highest BCUT2D eigenvalue weighted by molar-refractivity contribution is 5.69. The molecule has 1 aromatic carbocycles. The monoisotopic (exact) mass is 263 g/mol. The van der Waals surface area contributed by atoms with Crippen LogP contribution in [0, 0.1) is 0 Å². The summed E-state index contributed by atoms with van der Waals surface area (Å²) in [5.74, 6) is -0.837. The summed E-state index contributed by atoms with van der Waals surface area (Å²) in [7, 11) is 0. The first kappa shape index (κ1) is 14.0. The van der Waals surface area contributed by atoms with Crippen molar-refractivity contribution < 1.29 is 15.0 Å². The van der Waals surface area contributed by atoms with E-state index in [0.717, 1.165) is 31.4 Å². The minimum Gasteiger partial charge on any atom is -0.480 e. The summed E-state index contributed by atoms with van der Waals surface area (Å²) in [6, 6.07) is 9.36. The molecule has 0 aliphatic carbocycles. The van der Waals surface area contributed by atoms with E-state index in [1.54, 1.807) is 6.92 Å². The number of aliphatic hydroxyl groups is 1. The van der Waals surface area contributed by atoms with Crippen LogP contribution in [0.3, 0.4) is 0 Å². The Morgan fingerprint density at radius 2 is 2.05 bits per heavy atom. The topological polar surface area (TPSA) is 60.8 Å². The highest BCUT2D eigenvalue weighted by Gasteiger charge is 2.39. The van der Waals surface area contributed by atoms with Gasteiger partial charge in [-0.05, 0) is 31.9 Å². The van der Waals surface area contributed by atoms with Crippen molar-refractivity contribution in [3.05, 3.63) is 35.9 Å². The molecule has 104 valence electrons. The first-order chi connectivity index (χ1) is 9.01. The number of hydrogen-bond acceptors (Lipinski definition) is 3. The number of piperidine rings is 1. The van der Waals surface area contributed by atoms with Crippen LogP contribution in [0.4, 0.5) is 0 Å². The summed E-state index contributed by atoms with van der Waals surface area (Å²) in [6.45, 7) is 2.51. The molecule has 0 aromatic heterocycles. The molecule has 2 atom stereocenters. The van der Waals surface area contributed by atoms with Crippen LogP contribution in [-0.4, -0.2) is 40.2 Å². The van der Waals surface area contributed by atoms with Gasteiger partial charge >= 0.3 is 5.97 Å². The zero-order valence-corrected chi connectivity index (χ0v) is 11.2. The maximum absolute atomic E-state index is 11.0. The first-order valence-corrected chi connectivity index (χ1v) is 6.75. The molecule has 4 heteroatoms. The zero-order valence-electron chi connectivity index (χ0n) is 11.2. The van der Waals surface area contributed by atoms with Crippen LogP contribution in [0.1, 0.15) is 31.7 Å². The smallest absolute Gasteiger partial charge is 0.317 e. The van der Waals surface area contributed by atoms with Gasteiger partial charge in [-0.3, -0.25) is 9.69 Å². The molecular weight excluding hydrogens is 242 g/mol. The van der Waals surface area contributed by atoms with Gasteiger partial charge in [-0.2, -0.15) is 0 Å². The molecule has 2 unspecified atom stereocenters. The van der Waals surface area contributed by atoms with Crippen molar-refractivity contribution in [2.45, 2.75) is 37.8 Å². The average Bonchev–Trinajstić information content (AvgIpc) is 2.39. The minimum absolute atomic E-state index is 0.00630. The van der Waals surface area contributed by atoms with E-state index in [-0.39, 0.29) is 12.6 Å². The summed E-state index contributed by atoms with van der Waals surface area (Å²) in [5, 5.41) is 19.9. The van der Waals surface area contributed by atoms with Gasteiger partial charge in [0.15, 0.2) is 0 Å². The summed E-state index contributed by atoms with van der Waals surface area (Å²) < 4.78 is 0. The van der Waals surface area contributed by atoms with Crippen LogP contribution in [0.15, 0.2) is 30.3 Å². The van der Waals surface area contributed by atoms with E-state index in [4.69, 9.17) is 5.11 Å². The Morgan fingerprint density at radius 1 is 1.37 bits per heavy atom. The minimum atomic E-state index is -1.02. The summed E-state index contributed by atoms with van der Waals surface area (Å²) >= 11 is 0. The third kappa shape index (κ3) is 3.14. The van der Waals surface area contributed by atoms with Crippen molar-refractivity contribution in [3.63, 3.8) is 0 Å². The summed E-state index contributed by atoms with van der Waals surface area (Å²) in [5.41, 5.74) is -0.172. The van der Waals surface area contributed by atoms with E-state index < -0.39 is 11.6 Å². The Bertz CT molecular complexity index is 430. The van der Waals surface area contributed by atoms with Gasteiger partial charge in [-0.1, -0.05) is 36.8 Å². The van der Waals surface area contributed by atoms with Gasteiger partial charge in [-0.25, -0.2) is 0 Å². The molecule has 4 nitrogen and oxygen atoms in total. The number of benzene rings is 1. The molecule has 1 aliphatic heterocycles. The molecule has 1 aromatic rings. The third-order valence-corrected chi connectivity index (χ3v) is 3.96. The summed E-state index contributed by atoms with van der Waals surface area (Å²) in [4.78, 5) is 12.8. The number of carboxylic acid groups (broad SMARTS) is 1. The van der Waals surface area contributed by atoms with E-state index in [2.05, 4.69) is 0 Å². The van der Waals surface area contributed by atoms with Crippen molar-refractivity contribution in [1.29, 1.82) is 0 Å². The lowest BCUT2D eigenvalue weighted by Gasteiger charge is -2.43. The highest BCUT2D eigenvalue weighted by Crippen LogP contribution is 2.33.